The van der Waals surface area contributed by atoms with Crippen LogP contribution < -0.4 is 0 Å². The van der Waals surface area contributed by atoms with Crippen LogP contribution >= 0.6 is 0 Å². The molecule has 2 aromatic carbocycles. The van der Waals surface area contributed by atoms with Crippen LogP contribution in [0.5, 0.6) is 0 Å². The number of carbonyl (C=O) groups is 2. The fourth-order valence-corrected chi connectivity index (χ4v) is 2.96. The second-order valence-corrected chi connectivity index (χ2v) is 7.35. The van der Waals surface area contributed by atoms with Crippen molar-refractivity contribution in [2.45, 2.75) is 6.54 Å². The van der Waals surface area contributed by atoms with E-state index in [0.29, 0.717) is 23.6 Å². The number of aromatic nitrogens is 3. The number of nitro benzene ring substituents is 1. The fourth-order valence-electron chi connectivity index (χ4n) is 2.96. The number of non-ortho nitro benzene ring substituents is 1. The maximum absolute atomic E-state index is 13.2. The van der Waals surface area contributed by atoms with E-state index in [4.69, 9.17) is 0 Å². The molecule has 31 heavy (non-hydrogen) atoms. The number of benzene rings is 2. The first-order chi connectivity index (χ1) is 14.7. The van der Waals surface area contributed by atoms with Crippen LogP contribution in [0.4, 0.5) is 5.69 Å². The first kappa shape index (κ1) is 21.8. The summed E-state index contributed by atoms with van der Waals surface area (Å²) in [5.41, 5.74) is 0.556. The molecule has 160 valence electrons. The van der Waals surface area contributed by atoms with Gasteiger partial charge in [0.2, 0.25) is 5.82 Å². The van der Waals surface area contributed by atoms with E-state index in [1.54, 1.807) is 44.4 Å². The van der Waals surface area contributed by atoms with Gasteiger partial charge in [0, 0.05) is 31.8 Å². The molecule has 1 amide bonds. The molecular formula is C21H22N6O4. The Kier molecular flexibility index (Phi) is 6.21. The highest BCUT2D eigenvalue weighted by molar-refractivity contribution is 6.11. The molecule has 0 aliphatic carbocycles. The monoisotopic (exact) mass is 422 g/mol. The van der Waals surface area contributed by atoms with E-state index < -0.39 is 16.6 Å². The van der Waals surface area contributed by atoms with Crippen LogP contribution in [0.3, 0.4) is 0 Å². The average Bonchev–Trinajstić information content (AvgIpc) is 3.15. The summed E-state index contributed by atoms with van der Waals surface area (Å²) in [7, 11) is 6.84. The summed E-state index contributed by atoms with van der Waals surface area (Å²) in [6.45, 7) is 0.337. The highest BCUT2D eigenvalue weighted by atomic mass is 16.6. The summed E-state index contributed by atoms with van der Waals surface area (Å²) in [6, 6.07) is 12.4. The van der Waals surface area contributed by atoms with Crippen LogP contribution in [0.25, 0.3) is 5.69 Å². The Morgan fingerprint density at radius 2 is 1.74 bits per heavy atom. The molecule has 10 heteroatoms. The molecule has 10 nitrogen and oxygen atoms in total. The number of nitrogens with zero attached hydrogens (tertiary/aromatic N) is 6. The first-order valence-corrected chi connectivity index (χ1v) is 9.40. The van der Waals surface area contributed by atoms with E-state index in [2.05, 4.69) is 10.1 Å². The fraction of sp³-hybridized carbons (Fsp3) is 0.238. The van der Waals surface area contributed by atoms with Crippen molar-refractivity contribution >= 4 is 17.4 Å². The SMILES string of the molecule is CN(C)Cc1nc(C(=O)N(C)C)nn1-c1ccc([N+](=O)[O-])cc1C(=O)c1ccccc1. The van der Waals surface area contributed by atoms with E-state index >= 15 is 0 Å². The molecule has 0 bridgehead atoms. The standard InChI is InChI=1S/C21H22N6O4/c1-24(2)13-18-22-20(21(29)25(3)4)23-26(18)17-11-10-15(27(30)31)12-16(17)19(28)14-8-6-5-7-9-14/h5-12H,13H2,1-4H3. The van der Waals surface area contributed by atoms with Gasteiger partial charge < -0.3 is 9.80 Å². The van der Waals surface area contributed by atoms with Crippen molar-refractivity contribution in [2.24, 2.45) is 0 Å². The van der Waals surface area contributed by atoms with Gasteiger partial charge in [0.05, 0.1) is 22.7 Å². The van der Waals surface area contributed by atoms with Crippen molar-refractivity contribution in [3.05, 3.63) is 81.4 Å². The summed E-state index contributed by atoms with van der Waals surface area (Å²) >= 11 is 0. The van der Waals surface area contributed by atoms with Gasteiger partial charge in [-0.15, -0.1) is 5.10 Å². The van der Waals surface area contributed by atoms with Crippen molar-refractivity contribution in [1.29, 1.82) is 0 Å². The van der Waals surface area contributed by atoms with Gasteiger partial charge in [0.25, 0.3) is 11.6 Å². The largest absolute Gasteiger partial charge is 0.342 e. The molecule has 3 aromatic rings. The zero-order valence-electron chi connectivity index (χ0n) is 17.6. The van der Waals surface area contributed by atoms with Crippen molar-refractivity contribution in [3.8, 4) is 5.69 Å². The Balaban J connectivity index is 2.23. The van der Waals surface area contributed by atoms with Gasteiger partial charge in [-0.3, -0.25) is 19.7 Å². The van der Waals surface area contributed by atoms with E-state index in [0.717, 1.165) is 0 Å². The summed E-state index contributed by atoms with van der Waals surface area (Å²) in [5, 5.41) is 15.7. The lowest BCUT2D eigenvalue weighted by Crippen LogP contribution is -2.23. The lowest BCUT2D eigenvalue weighted by atomic mass is 10.0. The van der Waals surface area contributed by atoms with Gasteiger partial charge in [-0.25, -0.2) is 9.67 Å². The molecule has 0 saturated carbocycles. The summed E-state index contributed by atoms with van der Waals surface area (Å²) in [6.07, 6.45) is 0. The Morgan fingerprint density at radius 1 is 1.06 bits per heavy atom. The Labute approximate surface area is 178 Å². The second-order valence-electron chi connectivity index (χ2n) is 7.35. The number of nitro groups is 1. The summed E-state index contributed by atoms with van der Waals surface area (Å²) in [5.74, 6) is -0.396. The van der Waals surface area contributed by atoms with Crippen molar-refractivity contribution in [1.82, 2.24) is 24.6 Å². The Hall–Kier alpha value is -3.92. The number of hydrogen-bond acceptors (Lipinski definition) is 7. The van der Waals surface area contributed by atoms with Crippen LogP contribution in [0.1, 0.15) is 32.4 Å². The predicted molar refractivity (Wildman–Crippen MR) is 113 cm³/mol. The molecule has 0 fully saturated rings. The lowest BCUT2D eigenvalue weighted by molar-refractivity contribution is -0.384. The van der Waals surface area contributed by atoms with E-state index in [1.165, 1.54) is 27.8 Å². The number of carbonyl (C=O) groups excluding carboxylic acids is 2. The third-order valence-electron chi connectivity index (χ3n) is 4.43. The van der Waals surface area contributed by atoms with Gasteiger partial charge in [0.1, 0.15) is 5.82 Å². The minimum absolute atomic E-state index is 0.0293. The number of ketones is 1. The normalized spacial score (nSPS) is 10.9. The topological polar surface area (TPSA) is 114 Å². The van der Waals surface area contributed by atoms with E-state index in [1.807, 2.05) is 19.0 Å². The van der Waals surface area contributed by atoms with Crippen LogP contribution in [-0.4, -0.2) is 69.4 Å². The van der Waals surface area contributed by atoms with Crippen LogP contribution in [0.2, 0.25) is 0 Å². The molecule has 0 unspecified atom stereocenters. The van der Waals surface area contributed by atoms with Gasteiger partial charge in [-0.1, -0.05) is 30.3 Å². The minimum Gasteiger partial charge on any atom is -0.342 e. The van der Waals surface area contributed by atoms with Gasteiger partial charge in [-0.2, -0.15) is 0 Å². The lowest BCUT2D eigenvalue weighted by Gasteiger charge is -2.13. The number of hydrogen-bond donors (Lipinski definition) is 0. The van der Waals surface area contributed by atoms with E-state index in [9.17, 15) is 19.7 Å². The summed E-state index contributed by atoms with van der Waals surface area (Å²) < 4.78 is 1.40. The van der Waals surface area contributed by atoms with Crippen LogP contribution in [0, 0.1) is 10.1 Å². The third-order valence-corrected chi connectivity index (χ3v) is 4.43. The van der Waals surface area contributed by atoms with Crippen molar-refractivity contribution in [3.63, 3.8) is 0 Å². The summed E-state index contributed by atoms with van der Waals surface area (Å²) in [4.78, 5) is 44.0. The molecule has 0 aliphatic rings. The quantitative estimate of drug-likeness (QED) is 0.326. The zero-order chi connectivity index (χ0) is 22.7. The molecule has 0 saturated heterocycles. The van der Waals surface area contributed by atoms with Gasteiger partial charge in [0.15, 0.2) is 5.78 Å². The number of amides is 1. The average molecular weight is 422 g/mol. The van der Waals surface area contributed by atoms with E-state index in [-0.39, 0.29) is 17.1 Å². The molecule has 0 N–H and O–H groups in total. The minimum atomic E-state index is -0.561. The molecule has 1 aromatic heterocycles. The number of rotatable bonds is 7. The van der Waals surface area contributed by atoms with Gasteiger partial charge in [-0.05, 0) is 20.2 Å². The molecule has 0 aliphatic heterocycles. The molecule has 1 heterocycles. The predicted octanol–water partition coefficient (Wildman–Crippen LogP) is 2.17. The van der Waals surface area contributed by atoms with Crippen molar-refractivity contribution in [2.75, 3.05) is 28.2 Å². The Morgan fingerprint density at radius 3 is 2.32 bits per heavy atom. The first-order valence-electron chi connectivity index (χ1n) is 9.40. The second kappa shape index (κ2) is 8.84. The highest BCUT2D eigenvalue weighted by Crippen LogP contribution is 2.25. The maximum Gasteiger partial charge on any atom is 0.293 e. The molecular weight excluding hydrogens is 400 g/mol. The Bertz CT molecular complexity index is 1140. The third kappa shape index (κ3) is 4.64. The van der Waals surface area contributed by atoms with Crippen LogP contribution in [-0.2, 0) is 6.54 Å². The highest BCUT2D eigenvalue weighted by Gasteiger charge is 2.24. The molecule has 0 spiro atoms. The smallest absolute Gasteiger partial charge is 0.293 e. The molecule has 0 atom stereocenters. The van der Waals surface area contributed by atoms with Crippen LogP contribution in [0.15, 0.2) is 48.5 Å². The maximum atomic E-state index is 13.2. The van der Waals surface area contributed by atoms with Gasteiger partial charge >= 0.3 is 0 Å². The van der Waals surface area contributed by atoms with Crippen molar-refractivity contribution < 1.29 is 14.5 Å². The molecule has 0 radical (unpaired) electrons. The zero-order valence-corrected chi connectivity index (χ0v) is 17.6. The molecule has 3 rings (SSSR count).